The van der Waals surface area contributed by atoms with Gasteiger partial charge in [-0.25, -0.2) is 4.68 Å². The highest BCUT2D eigenvalue weighted by atomic mass is 16.5. The molecular weight excluding hydrogens is 346 g/mol. The van der Waals surface area contributed by atoms with Crippen LogP contribution in [-0.2, 0) is 4.79 Å². The van der Waals surface area contributed by atoms with Crippen molar-refractivity contribution in [3.05, 3.63) is 65.5 Å². The van der Waals surface area contributed by atoms with Crippen LogP contribution in [0.3, 0.4) is 0 Å². The number of hydrogen-bond donors (Lipinski definition) is 2. The Bertz CT molecular complexity index is 1020. The van der Waals surface area contributed by atoms with Crippen molar-refractivity contribution >= 4 is 17.5 Å². The van der Waals surface area contributed by atoms with Crippen molar-refractivity contribution in [2.45, 2.75) is 19.9 Å². The second-order valence-electron chi connectivity index (χ2n) is 6.23. The van der Waals surface area contributed by atoms with Gasteiger partial charge in [0.2, 0.25) is 5.95 Å². The molecule has 0 saturated heterocycles. The van der Waals surface area contributed by atoms with E-state index in [0.29, 0.717) is 28.7 Å². The summed E-state index contributed by atoms with van der Waals surface area (Å²) in [5, 5.41) is 10.3. The predicted molar refractivity (Wildman–Crippen MR) is 99.6 cm³/mol. The molecule has 8 heteroatoms. The van der Waals surface area contributed by atoms with Crippen molar-refractivity contribution < 1.29 is 13.9 Å². The number of aromatic nitrogens is 3. The smallest absolute Gasteiger partial charge is 0.256 e. The highest BCUT2D eigenvalue weighted by Crippen LogP contribution is 2.35. The molecule has 8 nitrogen and oxygen atoms in total. The number of aryl methyl sites for hydroxylation is 1. The van der Waals surface area contributed by atoms with E-state index in [-0.39, 0.29) is 5.91 Å². The number of amides is 1. The Morgan fingerprint density at radius 1 is 1.22 bits per heavy atom. The molecule has 1 unspecified atom stereocenters. The number of hydrogen-bond acceptors (Lipinski definition) is 6. The number of benzene rings is 1. The number of allylic oxidation sites excluding steroid dienone is 1. The lowest BCUT2D eigenvalue weighted by Gasteiger charge is -2.27. The van der Waals surface area contributed by atoms with Gasteiger partial charge in [-0.15, -0.1) is 0 Å². The Kier molecular flexibility index (Phi) is 4.15. The van der Waals surface area contributed by atoms with Gasteiger partial charge in [0.15, 0.2) is 0 Å². The minimum absolute atomic E-state index is 0.245. The number of anilines is 2. The van der Waals surface area contributed by atoms with E-state index in [1.807, 2.05) is 26.0 Å². The molecule has 3 aromatic rings. The van der Waals surface area contributed by atoms with Crippen LogP contribution in [0.5, 0.6) is 5.75 Å². The molecule has 0 saturated carbocycles. The van der Waals surface area contributed by atoms with E-state index in [1.54, 1.807) is 36.1 Å². The molecule has 138 valence electrons. The maximum atomic E-state index is 13.1. The zero-order chi connectivity index (χ0) is 19.0. The number of nitrogens with zero attached hydrogens (tertiary/aromatic N) is 3. The first kappa shape index (κ1) is 16.9. The Hall–Kier alpha value is -3.55. The Morgan fingerprint density at radius 3 is 2.67 bits per heavy atom. The maximum absolute atomic E-state index is 13.1. The SMILES string of the molecule is COc1ccc(NC(=O)C2=C(C)Nc3ncnn3C2c2ccc(C)o2)cc1. The number of rotatable bonds is 4. The van der Waals surface area contributed by atoms with Crippen LogP contribution in [0, 0.1) is 6.92 Å². The molecule has 2 N–H and O–H groups in total. The lowest BCUT2D eigenvalue weighted by molar-refractivity contribution is -0.113. The molecule has 0 fully saturated rings. The zero-order valence-corrected chi connectivity index (χ0v) is 15.2. The molecular formula is C19H19N5O3. The fraction of sp³-hybridized carbons (Fsp3) is 0.211. The summed E-state index contributed by atoms with van der Waals surface area (Å²) in [6.07, 6.45) is 1.45. The van der Waals surface area contributed by atoms with Gasteiger partial charge in [0.05, 0.1) is 12.7 Å². The van der Waals surface area contributed by atoms with Crippen LogP contribution in [0.15, 0.2) is 58.4 Å². The first-order valence-electron chi connectivity index (χ1n) is 8.46. The highest BCUT2D eigenvalue weighted by molar-refractivity contribution is 6.05. The fourth-order valence-electron chi connectivity index (χ4n) is 3.12. The van der Waals surface area contributed by atoms with Crippen molar-refractivity contribution in [3.8, 4) is 5.75 Å². The van der Waals surface area contributed by atoms with Crippen LogP contribution >= 0.6 is 0 Å². The first-order valence-corrected chi connectivity index (χ1v) is 8.46. The third-order valence-corrected chi connectivity index (χ3v) is 4.42. The fourth-order valence-corrected chi connectivity index (χ4v) is 3.12. The standard InChI is InChI=1S/C19H19N5O3/c1-11-4-9-15(27-11)17-16(12(2)22-19-20-10-21-24(17)19)18(25)23-13-5-7-14(26-3)8-6-13/h4-10,17H,1-3H3,(H,23,25)(H,20,21,22). The van der Waals surface area contributed by atoms with Crippen molar-refractivity contribution in [1.29, 1.82) is 0 Å². The van der Waals surface area contributed by atoms with Gasteiger partial charge < -0.3 is 19.8 Å². The van der Waals surface area contributed by atoms with E-state index in [2.05, 4.69) is 20.7 Å². The topological polar surface area (TPSA) is 94.2 Å². The monoisotopic (exact) mass is 365 g/mol. The third kappa shape index (κ3) is 3.05. The van der Waals surface area contributed by atoms with Crippen LogP contribution in [-0.4, -0.2) is 27.8 Å². The lowest BCUT2D eigenvalue weighted by Crippen LogP contribution is -2.31. The van der Waals surface area contributed by atoms with E-state index < -0.39 is 6.04 Å². The van der Waals surface area contributed by atoms with Gasteiger partial charge in [0.1, 0.15) is 29.6 Å². The van der Waals surface area contributed by atoms with Crippen LogP contribution < -0.4 is 15.4 Å². The molecule has 1 amide bonds. The molecule has 1 aliphatic heterocycles. The van der Waals surface area contributed by atoms with Crippen molar-refractivity contribution in [1.82, 2.24) is 14.8 Å². The van der Waals surface area contributed by atoms with Crippen molar-refractivity contribution in [2.24, 2.45) is 0 Å². The van der Waals surface area contributed by atoms with E-state index in [1.165, 1.54) is 6.33 Å². The molecule has 1 aromatic carbocycles. The lowest BCUT2D eigenvalue weighted by atomic mass is 10.00. The number of carbonyl (C=O) groups is 1. The van der Waals surface area contributed by atoms with E-state index in [9.17, 15) is 4.79 Å². The van der Waals surface area contributed by atoms with Gasteiger partial charge in [-0.05, 0) is 50.2 Å². The molecule has 0 spiro atoms. The Balaban J connectivity index is 1.70. The van der Waals surface area contributed by atoms with Crippen LogP contribution in [0.2, 0.25) is 0 Å². The van der Waals surface area contributed by atoms with E-state index in [4.69, 9.17) is 9.15 Å². The van der Waals surface area contributed by atoms with Gasteiger partial charge in [-0.3, -0.25) is 4.79 Å². The van der Waals surface area contributed by atoms with E-state index in [0.717, 1.165) is 11.5 Å². The first-order chi connectivity index (χ1) is 13.1. The third-order valence-electron chi connectivity index (χ3n) is 4.42. The second-order valence-corrected chi connectivity index (χ2v) is 6.23. The quantitative estimate of drug-likeness (QED) is 0.738. The van der Waals surface area contributed by atoms with Crippen molar-refractivity contribution in [3.63, 3.8) is 0 Å². The number of carbonyl (C=O) groups excluding carboxylic acids is 1. The summed E-state index contributed by atoms with van der Waals surface area (Å²) >= 11 is 0. The summed E-state index contributed by atoms with van der Waals surface area (Å²) in [7, 11) is 1.60. The number of nitrogens with one attached hydrogen (secondary N) is 2. The van der Waals surface area contributed by atoms with Gasteiger partial charge in [0, 0.05) is 11.4 Å². The molecule has 27 heavy (non-hydrogen) atoms. The van der Waals surface area contributed by atoms with Crippen LogP contribution in [0.25, 0.3) is 0 Å². The molecule has 3 heterocycles. The molecule has 0 bridgehead atoms. The largest absolute Gasteiger partial charge is 0.497 e. The molecule has 0 radical (unpaired) electrons. The minimum Gasteiger partial charge on any atom is -0.497 e. The van der Waals surface area contributed by atoms with Crippen LogP contribution in [0.4, 0.5) is 11.6 Å². The van der Waals surface area contributed by atoms with Gasteiger partial charge in [-0.1, -0.05) is 0 Å². The van der Waals surface area contributed by atoms with Crippen molar-refractivity contribution in [2.75, 3.05) is 17.7 Å². The zero-order valence-electron chi connectivity index (χ0n) is 15.2. The molecule has 4 rings (SSSR count). The second kappa shape index (κ2) is 6.64. The average Bonchev–Trinajstić information content (AvgIpc) is 3.29. The van der Waals surface area contributed by atoms with E-state index >= 15 is 0 Å². The van der Waals surface area contributed by atoms with Gasteiger partial charge in [0.25, 0.3) is 5.91 Å². The average molecular weight is 365 g/mol. The maximum Gasteiger partial charge on any atom is 0.256 e. The summed E-state index contributed by atoms with van der Waals surface area (Å²) in [6.45, 7) is 3.70. The normalized spacial score (nSPS) is 15.9. The molecule has 0 aliphatic carbocycles. The Morgan fingerprint density at radius 2 is 2.00 bits per heavy atom. The number of fused-ring (bicyclic) bond motifs is 1. The molecule has 2 aromatic heterocycles. The van der Waals surface area contributed by atoms with Crippen LogP contribution in [0.1, 0.15) is 24.5 Å². The number of methoxy groups -OCH3 is 1. The summed E-state index contributed by atoms with van der Waals surface area (Å²) < 4.78 is 12.6. The predicted octanol–water partition coefficient (Wildman–Crippen LogP) is 3.12. The molecule has 1 atom stereocenters. The number of furan rings is 1. The van der Waals surface area contributed by atoms with Gasteiger partial charge >= 0.3 is 0 Å². The number of ether oxygens (including phenoxy) is 1. The van der Waals surface area contributed by atoms with Gasteiger partial charge in [-0.2, -0.15) is 10.1 Å². The summed E-state index contributed by atoms with van der Waals surface area (Å²) in [4.78, 5) is 17.3. The Labute approximate surface area is 155 Å². The summed E-state index contributed by atoms with van der Waals surface area (Å²) in [5.74, 6) is 2.43. The summed E-state index contributed by atoms with van der Waals surface area (Å²) in [5.41, 5.74) is 1.87. The minimum atomic E-state index is -0.504. The summed E-state index contributed by atoms with van der Waals surface area (Å²) in [6, 6.07) is 10.4. The highest BCUT2D eigenvalue weighted by Gasteiger charge is 2.35. The molecule has 1 aliphatic rings.